The summed E-state index contributed by atoms with van der Waals surface area (Å²) in [6.07, 6.45) is -1.06. The Labute approximate surface area is 134 Å². The number of hydrogen-bond acceptors (Lipinski definition) is 6. The molecule has 120 valence electrons. The molecule has 2 atom stereocenters. The SMILES string of the molecule is NC(CC(=O)O)C(=O)O.NC(CC(=O)O)C(=O)O.O.O.[Mg+2]. The van der Waals surface area contributed by atoms with Gasteiger partial charge in [0, 0.05) is 0 Å². The molecule has 0 saturated heterocycles. The predicted octanol–water partition coefficient (Wildman–Crippen LogP) is -4.28. The summed E-state index contributed by atoms with van der Waals surface area (Å²) in [4.78, 5) is 39.2. The maximum absolute atomic E-state index is 9.85. The zero-order valence-electron chi connectivity index (χ0n) is 10.9. The van der Waals surface area contributed by atoms with Gasteiger partial charge >= 0.3 is 46.9 Å². The Balaban J connectivity index is -0.0000000711. The minimum absolute atomic E-state index is 0. The van der Waals surface area contributed by atoms with Gasteiger partial charge in [0.15, 0.2) is 0 Å². The molecule has 12 nitrogen and oxygen atoms in total. The molecule has 0 aliphatic rings. The zero-order chi connectivity index (χ0) is 14.9. The first-order valence-corrected chi connectivity index (χ1v) is 4.48. The standard InChI is InChI=1S/2C4H7NO4.Mg.2H2O/c2*5-2(4(8)9)1-3(6)7;;;/h2*2H,1,5H2,(H,6,7)(H,8,9);;2*1H2/q;;+2;;. The van der Waals surface area contributed by atoms with Crippen LogP contribution in [0.5, 0.6) is 0 Å². The van der Waals surface area contributed by atoms with Gasteiger partial charge in [0.1, 0.15) is 12.1 Å². The average molecular weight is 327 g/mol. The van der Waals surface area contributed by atoms with Crippen molar-refractivity contribution in [3.63, 3.8) is 0 Å². The summed E-state index contributed by atoms with van der Waals surface area (Å²) in [6.45, 7) is 0. The van der Waals surface area contributed by atoms with Crippen molar-refractivity contribution >= 4 is 46.9 Å². The van der Waals surface area contributed by atoms with Crippen molar-refractivity contribution in [2.75, 3.05) is 0 Å². The van der Waals surface area contributed by atoms with E-state index in [2.05, 4.69) is 0 Å². The topological polar surface area (TPSA) is 264 Å². The fourth-order valence-electron chi connectivity index (χ4n) is 0.551. The fourth-order valence-corrected chi connectivity index (χ4v) is 0.551. The third kappa shape index (κ3) is 23.9. The second kappa shape index (κ2) is 16.5. The molecule has 0 aliphatic carbocycles. The van der Waals surface area contributed by atoms with Crippen LogP contribution < -0.4 is 11.5 Å². The Bertz CT molecular complexity index is 305. The van der Waals surface area contributed by atoms with E-state index in [4.69, 9.17) is 31.9 Å². The number of nitrogens with two attached hydrogens (primary N) is 2. The molecule has 0 saturated carbocycles. The molecular weight excluding hydrogens is 308 g/mol. The molecule has 0 heterocycles. The van der Waals surface area contributed by atoms with Gasteiger partial charge in [-0.15, -0.1) is 0 Å². The van der Waals surface area contributed by atoms with Crippen molar-refractivity contribution in [3.05, 3.63) is 0 Å². The van der Waals surface area contributed by atoms with Crippen molar-refractivity contribution in [1.82, 2.24) is 0 Å². The van der Waals surface area contributed by atoms with E-state index in [1.165, 1.54) is 0 Å². The van der Waals surface area contributed by atoms with Crippen LogP contribution in [0, 0.1) is 0 Å². The van der Waals surface area contributed by atoms with Gasteiger partial charge in [0.2, 0.25) is 0 Å². The Hall–Kier alpha value is -1.51. The summed E-state index contributed by atoms with van der Waals surface area (Å²) in [5.41, 5.74) is 9.67. The molecule has 0 radical (unpaired) electrons. The molecule has 0 aromatic heterocycles. The Morgan fingerprint density at radius 2 is 0.905 bits per heavy atom. The summed E-state index contributed by atoms with van der Waals surface area (Å²) in [7, 11) is 0. The minimum atomic E-state index is -1.29. The molecule has 0 aliphatic heterocycles. The summed E-state index contributed by atoms with van der Waals surface area (Å²) in [5, 5.41) is 32.1. The van der Waals surface area contributed by atoms with Gasteiger partial charge in [-0.2, -0.15) is 0 Å². The van der Waals surface area contributed by atoms with Crippen LogP contribution in [0.2, 0.25) is 0 Å². The van der Waals surface area contributed by atoms with Crippen LogP contribution in [0.25, 0.3) is 0 Å². The van der Waals surface area contributed by atoms with Crippen LogP contribution in [-0.2, 0) is 19.2 Å². The number of rotatable bonds is 6. The first-order valence-electron chi connectivity index (χ1n) is 4.48. The van der Waals surface area contributed by atoms with Gasteiger partial charge in [0.05, 0.1) is 12.8 Å². The zero-order valence-corrected chi connectivity index (χ0v) is 12.3. The summed E-state index contributed by atoms with van der Waals surface area (Å²) in [6, 6.07) is -2.58. The van der Waals surface area contributed by atoms with E-state index < -0.39 is 48.8 Å². The van der Waals surface area contributed by atoms with Crippen LogP contribution >= 0.6 is 0 Å². The summed E-state index contributed by atoms with van der Waals surface area (Å²) in [5.74, 6) is -5.00. The average Bonchev–Trinajstić information content (AvgIpc) is 2.16. The molecule has 0 aromatic carbocycles. The summed E-state index contributed by atoms with van der Waals surface area (Å²) < 4.78 is 0. The van der Waals surface area contributed by atoms with Crippen molar-refractivity contribution in [3.8, 4) is 0 Å². The van der Waals surface area contributed by atoms with Crippen molar-refractivity contribution in [2.24, 2.45) is 11.5 Å². The maximum atomic E-state index is 9.85. The van der Waals surface area contributed by atoms with Crippen LogP contribution in [0.3, 0.4) is 0 Å². The molecule has 0 spiro atoms. The quantitative estimate of drug-likeness (QED) is 0.255. The number of hydrogen-bond donors (Lipinski definition) is 6. The molecule has 0 aromatic rings. The van der Waals surface area contributed by atoms with E-state index in [-0.39, 0.29) is 34.0 Å². The molecule has 0 fully saturated rings. The van der Waals surface area contributed by atoms with Crippen molar-refractivity contribution < 1.29 is 50.6 Å². The number of carboxylic acid groups (broad SMARTS) is 4. The van der Waals surface area contributed by atoms with E-state index in [0.29, 0.717) is 0 Å². The van der Waals surface area contributed by atoms with E-state index in [1.54, 1.807) is 0 Å². The Morgan fingerprint density at radius 3 is 0.952 bits per heavy atom. The van der Waals surface area contributed by atoms with Crippen LogP contribution in [-0.4, -0.2) is 90.4 Å². The second-order valence-corrected chi connectivity index (χ2v) is 3.09. The smallest absolute Gasteiger partial charge is 0.481 e. The van der Waals surface area contributed by atoms with E-state index in [1.807, 2.05) is 0 Å². The number of carboxylic acids is 4. The first kappa shape index (κ1) is 31.7. The molecule has 21 heavy (non-hydrogen) atoms. The Morgan fingerprint density at radius 1 is 0.714 bits per heavy atom. The van der Waals surface area contributed by atoms with Crippen molar-refractivity contribution in [1.29, 1.82) is 0 Å². The number of carbonyl (C=O) groups is 4. The van der Waals surface area contributed by atoms with E-state index in [0.717, 1.165) is 0 Å². The van der Waals surface area contributed by atoms with Gasteiger partial charge in [0.25, 0.3) is 0 Å². The predicted molar refractivity (Wildman–Crippen MR) is 68.7 cm³/mol. The molecule has 2 unspecified atom stereocenters. The summed E-state index contributed by atoms with van der Waals surface area (Å²) >= 11 is 0. The Kier molecular flexibility index (Phi) is 25.0. The van der Waals surface area contributed by atoms with Gasteiger partial charge in [-0.05, 0) is 0 Å². The fraction of sp³-hybridized carbons (Fsp3) is 0.500. The van der Waals surface area contributed by atoms with Crippen LogP contribution in [0.1, 0.15) is 12.8 Å². The van der Waals surface area contributed by atoms with Crippen molar-refractivity contribution in [2.45, 2.75) is 24.9 Å². The van der Waals surface area contributed by atoms with E-state index in [9.17, 15) is 19.2 Å². The first-order chi connectivity index (χ1) is 8.07. The molecular formula is C8H18MgN2O10+2. The normalized spacial score (nSPS) is 10.8. The van der Waals surface area contributed by atoms with Crippen LogP contribution in [0.15, 0.2) is 0 Å². The minimum Gasteiger partial charge on any atom is -0.481 e. The third-order valence-electron chi connectivity index (χ3n) is 1.42. The second-order valence-electron chi connectivity index (χ2n) is 3.09. The van der Waals surface area contributed by atoms with Gasteiger partial charge in [-0.1, -0.05) is 0 Å². The molecule has 13 heteroatoms. The van der Waals surface area contributed by atoms with Crippen LogP contribution in [0.4, 0.5) is 0 Å². The van der Waals surface area contributed by atoms with Gasteiger partial charge in [-0.3, -0.25) is 19.2 Å². The molecule has 0 rings (SSSR count). The van der Waals surface area contributed by atoms with E-state index >= 15 is 0 Å². The maximum Gasteiger partial charge on any atom is 2.00 e. The van der Waals surface area contributed by atoms with Gasteiger partial charge in [-0.25, -0.2) is 0 Å². The molecule has 12 N–H and O–H groups in total. The van der Waals surface area contributed by atoms with Gasteiger partial charge < -0.3 is 42.8 Å². The molecule has 0 bridgehead atoms. The number of aliphatic carboxylic acids is 4. The third-order valence-corrected chi connectivity index (χ3v) is 1.42. The largest absolute Gasteiger partial charge is 2.00 e. The molecule has 0 amide bonds. The monoisotopic (exact) mass is 326 g/mol.